The summed E-state index contributed by atoms with van der Waals surface area (Å²) in [5.74, 6) is 0.591. The van der Waals surface area contributed by atoms with E-state index in [1.807, 2.05) is 37.3 Å². The summed E-state index contributed by atoms with van der Waals surface area (Å²) >= 11 is 7.57. The number of hydrogen-bond acceptors (Lipinski definition) is 5. The molecule has 1 saturated heterocycles. The number of rotatable bonds is 10. The Morgan fingerprint density at radius 2 is 1.74 bits per heavy atom. The van der Waals surface area contributed by atoms with E-state index < -0.39 is 10.0 Å². The second kappa shape index (κ2) is 13.1. The minimum Gasteiger partial charge on any atom is -0.351 e. The maximum absolute atomic E-state index is 13.9. The highest BCUT2D eigenvalue weighted by molar-refractivity contribution is 7.98. The van der Waals surface area contributed by atoms with Crippen LogP contribution in [0.5, 0.6) is 0 Å². The maximum Gasteiger partial charge on any atom is 0.251 e. The van der Waals surface area contributed by atoms with E-state index in [1.54, 1.807) is 30.3 Å². The number of benzene rings is 3. The van der Waals surface area contributed by atoms with Crippen LogP contribution in [0.15, 0.2) is 71.6 Å². The number of carbonyl (C=O) groups excluding carboxylic acids is 1. The molecule has 0 unspecified atom stereocenters. The molecule has 202 valence electrons. The molecule has 0 radical (unpaired) electrons. The third-order valence-corrected chi connectivity index (χ3v) is 9.68. The second-order valence-electron chi connectivity index (χ2n) is 9.20. The van der Waals surface area contributed by atoms with Crippen LogP contribution in [0.2, 0.25) is 5.02 Å². The van der Waals surface area contributed by atoms with Crippen molar-refractivity contribution in [3.05, 3.63) is 99.8 Å². The van der Waals surface area contributed by atoms with Gasteiger partial charge in [-0.3, -0.25) is 9.69 Å². The Bertz CT molecular complexity index is 1340. The number of amides is 1. The second-order valence-corrected chi connectivity index (χ2v) is 12.7. The monoisotopic (exact) mass is 575 g/mol. The van der Waals surface area contributed by atoms with Crippen LogP contribution in [0.25, 0.3) is 0 Å². The first-order valence-corrected chi connectivity index (χ1v) is 15.4. The van der Waals surface area contributed by atoms with Crippen LogP contribution in [-0.4, -0.2) is 62.0 Å². The van der Waals surface area contributed by atoms with E-state index in [0.29, 0.717) is 71.8 Å². The van der Waals surface area contributed by atoms with Crippen molar-refractivity contribution in [2.24, 2.45) is 0 Å². The topological polar surface area (TPSA) is 69.7 Å². The van der Waals surface area contributed by atoms with Gasteiger partial charge in [0.05, 0.1) is 4.90 Å². The average molecular weight is 576 g/mol. The van der Waals surface area contributed by atoms with Crippen molar-refractivity contribution in [1.82, 2.24) is 14.5 Å². The smallest absolute Gasteiger partial charge is 0.251 e. The Balaban J connectivity index is 1.23. The lowest BCUT2D eigenvalue weighted by Gasteiger charge is -2.34. The summed E-state index contributed by atoms with van der Waals surface area (Å²) in [7, 11) is -3.50. The largest absolute Gasteiger partial charge is 0.351 e. The maximum atomic E-state index is 13.9. The van der Waals surface area contributed by atoms with Gasteiger partial charge in [0, 0.05) is 66.9 Å². The number of nitrogens with zero attached hydrogens (tertiary/aromatic N) is 2. The first-order chi connectivity index (χ1) is 18.2. The molecule has 1 aliphatic heterocycles. The first-order valence-electron chi connectivity index (χ1n) is 12.4. The average Bonchev–Trinajstić information content (AvgIpc) is 2.90. The number of hydrogen-bond donors (Lipinski definition) is 1. The van der Waals surface area contributed by atoms with Crippen LogP contribution in [0.1, 0.15) is 27.0 Å². The van der Waals surface area contributed by atoms with Gasteiger partial charge in [-0.05, 0) is 48.9 Å². The summed E-state index contributed by atoms with van der Waals surface area (Å²) in [6.45, 7) is 5.10. The molecule has 0 spiro atoms. The minimum atomic E-state index is -3.50. The number of sulfonamides is 1. The molecule has 4 rings (SSSR count). The van der Waals surface area contributed by atoms with Gasteiger partial charge >= 0.3 is 0 Å². The Hall–Kier alpha value is -2.43. The van der Waals surface area contributed by atoms with Crippen LogP contribution in [0, 0.1) is 12.7 Å². The third-order valence-electron chi connectivity index (χ3n) is 6.43. The summed E-state index contributed by atoms with van der Waals surface area (Å²) < 4.78 is 41.3. The van der Waals surface area contributed by atoms with Gasteiger partial charge in [-0.1, -0.05) is 47.5 Å². The van der Waals surface area contributed by atoms with Crippen molar-refractivity contribution >= 4 is 39.3 Å². The zero-order chi connectivity index (χ0) is 27.1. The van der Waals surface area contributed by atoms with E-state index in [4.69, 9.17) is 11.6 Å². The van der Waals surface area contributed by atoms with Crippen LogP contribution >= 0.6 is 23.4 Å². The van der Waals surface area contributed by atoms with E-state index in [9.17, 15) is 17.6 Å². The fourth-order valence-electron chi connectivity index (χ4n) is 4.24. The predicted molar refractivity (Wildman–Crippen MR) is 152 cm³/mol. The Morgan fingerprint density at radius 3 is 2.45 bits per heavy atom. The summed E-state index contributed by atoms with van der Waals surface area (Å²) in [5.41, 5.74) is 3.07. The Kier molecular flexibility index (Phi) is 9.84. The molecule has 10 heteroatoms. The molecule has 3 aromatic rings. The fourth-order valence-corrected chi connectivity index (χ4v) is 6.86. The number of thioether (sulfide) groups is 1. The molecule has 0 saturated carbocycles. The normalized spacial score (nSPS) is 14.9. The van der Waals surface area contributed by atoms with Gasteiger partial charge in [-0.2, -0.15) is 16.1 Å². The number of aryl methyl sites for hydroxylation is 1. The molecular formula is C28H31ClFN3O3S2. The molecule has 38 heavy (non-hydrogen) atoms. The van der Waals surface area contributed by atoms with Crippen LogP contribution in [-0.2, 0) is 22.3 Å². The van der Waals surface area contributed by atoms with Crippen molar-refractivity contribution in [2.75, 3.05) is 38.5 Å². The summed E-state index contributed by atoms with van der Waals surface area (Å²) in [6.07, 6.45) is 0. The van der Waals surface area contributed by atoms with Crippen LogP contribution in [0.3, 0.4) is 0 Å². The number of piperazine rings is 1. The molecule has 1 N–H and O–H groups in total. The van der Waals surface area contributed by atoms with Gasteiger partial charge in [0.1, 0.15) is 5.82 Å². The molecular weight excluding hydrogens is 545 g/mol. The molecule has 1 aliphatic rings. The zero-order valence-electron chi connectivity index (χ0n) is 21.2. The van der Waals surface area contributed by atoms with Crippen molar-refractivity contribution in [3.8, 4) is 0 Å². The molecule has 0 aliphatic carbocycles. The van der Waals surface area contributed by atoms with Gasteiger partial charge in [0.2, 0.25) is 10.0 Å². The highest BCUT2D eigenvalue weighted by Gasteiger charge is 2.28. The molecule has 0 bridgehead atoms. The van der Waals surface area contributed by atoms with Crippen LogP contribution in [0.4, 0.5) is 4.39 Å². The van der Waals surface area contributed by atoms with Crippen LogP contribution < -0.4 is 5.32 Å². The van der Waals surface area contributed by atoms with E-state index in [1.165, 1.54) is 22.1 Å². The van der Waals surface area contributed by atoms with Gasteiger partial charge in [0.25, 0.3) is 5.91 Å². The Labute approximate surface area is 233 Å². The lowest BCUT2D eigenvalue weighted by Crippen LogP contribution is -2.48. The SMILES string of the molecule is Cc1ccc(S(=O)(=O)N2CCN(Cc3cccc(C(=O)NCCSCc4c(F)cccc4Cl)c3)CC2)cc1. The Morgan fingerprint density at radius 1 is 1.03 bits per heavy atom. The lowest BCUT2D eigenvalue weighted by atomic mass is 10.1. The molecule has 6 nitrogen and oxygen atoms in total. The lowest BCUT2D eigenvalue weighted by molar-refractivity contribution is 0.0956. The van der Waals surface area contributed by atoms with Crippen molar-refractivity contribution < 1.29 is 17.6 Å². The number of nitrogens with one attached hydrogen (secondary N) is 1. The molecule has 3 aromatic carbocycles. The quantitative estimate of drug-likeness (QED) is 0.346. The first kappa shape index (κ1) is 28.6. The molecule has 1 heterocycles. The number of halogens is 2. The molecule has 0 aromatic heterocycles. The van der Waals surface area contributed by atoms with Gasteiger partial charge in [0.15, 0.2) is 0 Å². The predicted octanol–water partition coefficient (Wildman–Crippen LogP) is 4.96. The van der Waals surface area contributed by atoms with Crippen molar-refractivity contribution in [3.63, 3.8) is 0 Å². The van der Waals surface area contributed by atoms with Gasteiger partial charge < -0.3 is 5.32 Å². The molecule has 0 atom stereocenters. The molecule has 1 fully saturated rings. The van der Waals surface area contributed by atoms with E-state index in [-0.39, 0.29) is 11.7 Å². The van der Waals surface area contributed by atoms with Crippen molar-refractivity contribution in [1.29, 1.82) is 0 Å². The summed E-state index contributed by atoms with van der Waals surface area (Å²) in [5, 5.41) is 3.32. The van der Waals surface area contributed by atoms with Crippen molar-refractivity contribution in [2.45, 2.75) is 24.1 Å². The molecule has 1 amide bonds. The van der Waals surface area contributed by atoms with Gasteiger partial charge in [-0.25, -0.2) is 12.8 Å². The summed E-state index contributed by atoms with van der Waals surface area (Å²) in [6, 6.07) is 19.1. The highest BCUT2D eigenvalue weighted by atomic mass is 35.5. The van der Waals surface area contributed by atoms with E-state index in [2.05, 4.69) is 10.2 Å². The van der Waals surface area contributed by atoms with E-state index in [0.717, 1.165) is 11.1 Å². The third kappa shape index (κ3) is 7.36. The van der Waals surface area contributed by atoms with E-state index >= 15 is 0 Å². The standard InChI is InChI=1S/C28H31ClFN3O3S2/c1-21-8-10-24(11-9-21)38(35,36)33-15-13-32(14-16-33)19-22-4-2-5-23(18-22)28(34)31-12-17-37-20-25-26(29)6-3-7-27(25)30/h2-11,18H,12-17,19-20H2,1H3,(H,31,34). The number of carbonyl (C=O) groups is 1. The highest BCUT2D eigenvalue weighted by Crippen LogP contribution is 2.24. The van der Waals surface area contributed by atoms with Gasteiger partial charge in [-0.15, -0.1) is 0 Å². The summed E-state index contributed by atoms with van der Waals surface area (Å²) in [4.78, 5) is 15.2. The zero-order valence-corrected chi connectivity index (χ0v) is 23.6. The fraction of sp³-hybridized carbons (Fsp3) is 0.321. The minimum absolute atomic E-state index is 0.162.